The van der Waals surface area contributed by atoms with Crippen molar-refractivity contribution in [2.75, 3.05) is 5.32 Å². The Labute approximate surface area is 125 Å². The highest BCUT2D eigenvalue weighted by Gasteiger charge is 2.10. The number of aromatic hydroxyl groups is 1. The van der Waals surface area contributed by atoms with Crippen molar-refractivity contribution in [3.8, 4) is 5.75 Å². The summed E-state index contributed by atoms with van der Waals surface area (Å²) >= 11 is 5.83. The molecule has 1 aromatic rings. The van der Waals surface area contributed by atoms with E-state index in [1.807, 2.05) is 0 Å². The van der Waals surface area contributed by atoms with Gasteiger partial charge in [-0.25, -0.2) is 0 Å². The van der Waals surface area contributed by atoms with E-state index in [2.05, 4.69) is 18.8 Å². The second-order valence-electron chi connectivity index (χ2n) is 4.88. The Morgan fingerprint density at radius 3 is 2.70 bits per heavy atom. The lowest BCUT2D eigenvalue weighted by Crippen LogP contribution is -2.13. The van der Waals surface area contributed by atoms with Crippen LogP contribution in [0.15, 0.2) is 30.4 Å². The first kappa shape index (κ1) is 16.6. The summed E-state index contributed by atoms with van der Waals surface area (Å²) in [6.45, 7) is 5.96. The SMILES string of the molecule is C=C(CCCCCCC)C(=O)Nc1cc(Cl)ccc1O. The van der Waals surface area contributed by atoms with E-state index in [1.165, 1.54) is 31.4 Å². The lowest BCUT2D eigenvalue weighted by atomic mass is 10.1. The fourth-order valence-electron chi connectivity index (χ4n) is 1.87. The average molecular weight is 296 g/mol. The molecule has 0 atom stereocenters. The number of carbonyl (C=O) groups is 1. The van der Waals surface area contributed by atoms with Gasteiger partial charge in [-0.05, 0) is 31.0 Å². The number of nitrogens with one attached hydrogen (secondary N) is 1. The molecule has 110 valence electrons. The molecule has 0 fully saturated rings. The number of rotatable bonds is 8. The van der Waals surface area contributed by atoms with Crippen LogP contribution >= 0.6 is 11.6 Å². The molecule has 1 amide bonds. The van der Waals surface area contributed by atoms with E-state index < -0.39 is 0 Å². The molecule has 0 heterocycles. The average Bonchev–Trinajstić information content (AvgIpc) is 2.42. The number of phenolic OH excluding ortho intramolecular Hbond substituents is 1. The van der Waals surface area contributed by atoms with Crippen LogP contribution < -0.4 is 5.32 Å². The summed E-state index contributed by atoms with van der Waals surface area (Å²) in [7, 11) is 0. The number of anilines is 1. The van der Waals surface area contributed by atoms with Gasteiger partial charge in [-0.3, -0.25) is 4.79 Å². The van der Waals surface area contributed by atoms with Crippen molar-refractivity contribution in [3.63, 3.8) is 0 Å². The molecule has 0 bridgehead atoms. The van der Waals surface area contributed by atoms with E-state index in [4.69, 9.17) is 11.6 Å². The molecule has 0 aromatic heterocycles. The second kappa shape index (κ2) is 8.64. The molecule has 0 aliphatic heterocycles. The minimum absolute atomic E-state index is 0.00139. The van der Waals surface area contributed by atoms with Gasteiger partial charge in [-0.1, -0.05) is 50.8 Å². The number of phenols is 1. The first-order chi connectivity index (χ1) is 9.54. The first-order valence-electron chi connectivity index (χ1n) is 7.02. The third-order valence-electron chi connectivity index (χ3n) is 3.11. The Hall–Kier alpha value is -1.48. The second-order valence-corrected chi connectivity index (χ2v) is 5.32. The zero-order chi connectivity index (χ0) is 15.0. The molecule has 1 aromatic carbocycles. The predicted octanol–water partition coefficient (Wildman–Crippen LogP) is 4.90. The largest absolute Gasteiger partial charge is 0.506 e. The summed E-state index contributed by atoms with van der Waals surface area (Å²) in [5.41, 5.74) is 0.843. The van der Waals surface area contributed by atoms with Crippen molar-refractivity contribution >= 4 is 23.2 Å². The van der Waals surface area contributed by atoms with Gasteiger partial charge in [0.15, 0.2) is 0 Å². The Bertz CT molecular complexity index is 472. The van der Waals surface area contributed by atoms with Gasteiger partial charge in [0.25, 0.3) is 5.91 Å². The number of amides is 1. The Balaban J connectivity index is 2.41. The summed E-state index contributed by atoms with van der Waals surface area (Å²) in [4.78, 5) is 11.9. The van der Waals surface area contributed by atoms with Gasteiger partial charge >= 0.3 is 0 Å². The molecule has 1 rings (SSSR count). The molecule has 2 N–H and O–H groups in total. The number of carbonyl (C=O) groups excluding carboxylic acids is 1. The predicted molar refractivity (Wildman–Crippen MR) is 84.3 cm³/mol. The molecular weight excluding hydrogens is 274 g/mol. The molecule has 0 aliphatic carbocycles. The third-order valence-corrected chi connectivity index (χ3v) is 3.35. The van der Waals surface area contributed by atoms with Crippen LogP contribution in [0.1, 0.15) is 45.4 Å². The molecular formula is C16H22ClNO2. The first-order valence-corrected chi connectivity index (χ1v) is 7.40. The molecule has 3 nitrogen and oxygen atoms in total. The van der Waals surface area contributed by atoms with Crippen molar-refractivity contribution in [2.45, 2.75) is 45.4 Å². The van der Waals surface area contributed by atoms with Gasteiger partial charge in [0.2, 0.25) is 0 Å². The van der Waals surface area contributed by atoms with Crippen molar-refractivity contribution in [3.05, 3.63) is 35.4 Å². The van der Waals surface area contributed by atoms with Crippen molar-refractivity contribution < 1.29 is 9.90 Å². The van der Waals surface area contributed by atoms with Crippen LogP contribution in [0.4, 0.5) is 5.69 Å². The van der Waals surface area contributed by atoms with Crippen molar-refractivity contribution in [1.29, 1.82) is 0 Å². The molecule has 0 saturated heterocycles. The van der Waals surface area contributed by atoms with Gasteiger partial charge in [-0.15, -0.1) is 0 Å². The van der Waals surface area contributed by atoms with Crippen LogP contribution in [0.5, 0.6) is 5.75 Å². The fraction of sp³-hybridized carbons (Fsp3) is 0.438. The number of unbranched alkanes of at least 4 members (excludes halogenated alkanes) is 4. The summed E-state index contributed by atoms with van der Waals surface area (Å²) in [6, 6.07) is 4.53. The lowest BCUT2D eigenvalue weighted by Gasteiger charge is -2.09. The van der Waals surface area contributed by atoms with Crippen LogP contribution in [0.25, 0.3) is 0 Å². The summed E-state index contributed by atoms with van der Waals surface area (Å²) in [6.07, 6.45) is 6.39. The fourth-order valence-corrected chi connectivity index (χ4v) is 2.05. The maximum atomic E-state index is 11.9. The normalized spacial score (nSPS) is 10.3. The molecule has 0 saturated carbocycles. The smallest absolute Gasteiger partial charge is 0.251 e. The van der Waals surface area contributed by atoms with Crippen LogP contribution in [0.2, 0.25) is 5.02 Å². The van der Waals surface area contributed by atoms with Crippen LogP contribution in [-0.4, -0.2) is 11.0 Å². The van der Waals surface area contributed by atoms with E-state index in [-0.39, 0.29) is 11.7 Å². The monoisotopic (exact) mass is 295 g/mol. The molecule has 0 spiro atoms. The third kappa shape index (κ3) is 5.66. The summed E-state index contributed by atoms with van der Waals surface area (Å²) < 4.78 is 0. The highest BCUT2D eigenvalue weighted by molar-refractivity contribution is 6.31. The van der Waals surface area contributed by atoms with Gasteiger partial charge in [-0.2, -0.15) is 0 Å². The van der Waals surface area contributed by atoms with Gasteiger partial charge < -0.3 is 10.4 Å². The van der Waals surface area contributed by atoms with E-state index in [9.17, 15) is 9.90 Å². The van der Waals surface area contributed by atoms with E-state index in [0.29, 0.717) is 22.7 Å². The van der Waals surface area contributed by atoms with Crippen LogP contribution in [0, 0.1) is 0 Å². The highest BCUT2D eigenvalue weighted by atomic mass is 35.5. The standard InChI is InChI=1S/C16H22ClNO2/c1-3-4-5-6-7-8-12(2)16(20)18-14-11-13(17)9-10-15(14)19/h9-11,19H,2-8H2,1H3,(H,18,20). The van der Waals surface area contributed by atoms with Crippen molar-refractivity contribution in [1.82, 2.24) is 0 Å². The minimum Gasteiger partial charge on any atom is -0.506 e. The Kier molecular flexibility index (Phi) is 7.16. The number of hydrogen-bond donors (Lipinski definition) is 2. The maximum absolute atomic E-state index is 11.9. The lowest BCUT2D eigenvalue weighted by molar-refractivity contribution is -0.113. The molecule has 0 radical (unpaired) electrons. The maximum Gasteiger partial charge on any atom is 0.251 e. The molecule has 0 unspecified atom stereocenters. The summed E-state index contributed by atoms with van der Waals surface area (Å²) in [5.74, 6) is -0.267. The van der Waals surface area contributed by atoms with E-state index in [0.717, 1.165) is 12.8 Å². The van der Waals surface area contributed by atoms with Gasteiger partial charge in [0.1, 0.15) is 5.75 Å². The Morgan fingerprint density at radius 1 is 1.30 bits per heavy atom. The molecule has 4 heteroatoms. The van der Waals surface area contributed by atoms with E-state index in [1.54, 1.807) is 6.07 Å². The summed E-state index contributed by atoms with van der Waals surface area (Å²) in [5, 5.41) is 12.7. The number of hydrogen-bond acceptors (Lipinski definition) is 2. The zero-order valence-corrected chi connectivity index (χ0v) is 12.7. The van der Waals surface area contributed by atoms with Gasteiger partial charge in [0, 0.05) is 10.6 Å². The number of benzene rings is 1. The van der Waals surface area contributed by atoms with Gasteiger partial charge in [0.05, 0.1) is 5.69 Å². The quantitative estimate of drug-likeness (QED) is 0.407. The van der Waals surface area contributed by atoms with Crippen LogP contribution in [-0.2, 0) is 4.79 Å². The topological polar surface area (TPSA) is 49.3 Å². The molecule has 0 aliphatic rings. The van der Waals surface area contributed by atoms with Crippen LogP contribution in [0.3, 0.4) is 0 Å². The minimum atomic E-state index is -0.266. The van der Waals surface area contributed by atoms with E-state index >= 15 is 0 Å². The highest BCUT2D eigenvalue weighted by Crippen LogP contribution is 2.27. The number of halogens is 1. The Morgan fingerprint density at radius 2 is 2.00 bits per heavy atom. The zero-order valence-electron chi connectivity index (χ0n) is 11.9. The molecule has 20 heavy (non-hydrogen) atoms. The van der Waals surface area contributed by atoms with Crippen molar-refractivity contribution in [2.24, 2.45) is 0 Å².